The van der Waals surface area contributed by atoms with Crippen LogP contribution in [0.3, 0.4) is 0 Å². The highest BCUT2D eigenvalue weighted by atomic mass is 32.2. The maximum Gasteiger partial charge on any atom is 0.303 e. The van der Waals surface area contributed by atoms with Gasteiger partial charge in [-0.25, -0.2) is 0 Å². The third kappa shape index (κ3) is 7.78. The molecule has 0 saturated carbocycles. The van der Waals surface area contributed by atoms with Gasteiger partial charge in [-0.1, -0.05) is 0 Å². The summed E-state index contributed by atoms with van der Waals surface area (Å²) in [5, 5.41) is 8.74. The topological polar surface area (TPSA) is 155 Å². The number of ether oxygens (including phenoxy) is 5. The van der Waals surface area contributed by atoms with Crippen molar-refractivity contribution in [2.24, 2.45) is 0 Å². The smallest absolute Gasteiger partial charge is 0.303 e. The molecule has 0 bridgehead atoms. The van der Waals surface area contributed by atoms with Crippen LogP contribution in [-0.2, 0) is 53.7 Å². The molecule has 1 aliphatic rings. The monoisotopic (exact) mass is 433 g/mol. The van der Waals surface area contributed by atoms with E-state index in [2.05, 4.69) is 0 Å². The Labute approximate surface area is 170 Å². The van der Waals surface area contributed by atoms with Gasteiger partial charge < -0.3 is 23.7 Å². The van der Waals surface area contributed by atoms with Crippen LogP contribution < -0.4 is 0 Å². The lowest BCUT2D eigenvalue weighted by Crippen LogP contribution is -2.63. The summed E-state index contributed by atoms with van der Waals surface area (Å²) in [6.45, 7) is 4.03. The SMILES string of the molecule is CC(=O)OC[C@H]1OC(S(=O)CCC#N)C(OC(C)=O)[C@@H](OC(C)=O)C1OC(C)=O. The molecule has 29 heavy (non-hydrogen) atoms. The van der Waals surface area contributed by atoms with Crippen molar-refractivity contribution in [2.45, 2.75) is 64.0 Å². The Balaban J connectivity index is 3.35. The number of hydrogen-bond donors (Lipinski definition) is 0. The van der Waals surface area contributed by atoms with E-state index in [1.54, 1.807) is 0 Å². The second kappa shape index (κ2) is 11.5. The van der Waals surface area contributed by atoms with Gasteiger partial charge in [0.15, 0.2) is 23.7 Å². The van der Waals surface area contributed by atoms with Crippen molar-refractivity contribution in [1.82, 2.24) is 0 Å². The zero-order chi connectivity index (χ0) is 22.1. The predicted octanol–water partition coefficient (Wildman–Crippen LogP) is -0.268. The summed E-state index contributed by atoms with van der Waals surface area (Å²) < 4.78 is 38.9. The van der Waals surface area contributed by atoms with Crippen molar-refractivity contribution in [1.29, 1.82) is 5.26 Å². The highest BCUT2D eigenvalue weighted by Crippen LogP contribution is 2.31. The predicted molar refractivity (Wildman–Crippen MR) is 95.2 cm³/mol. The summed E-state index contributed by atoms with van der Waals surface area (Å²) in [7, 11) is -1.85. The molecular formula is C17H23NO10S. The van der Waals surface area contributed by atoms with E-state index in [1.807, 2.05) is 6.07 Å². The highest BCUT2D eigenvalue weighted by Gasteiger charge is 2.53. The number of carbonyl (C=O) groups is 4. The second-order valence-corrected chi connectivity index (χ2v) is 7.69. The highest BCUT2D eigenvalue weighted by molar-refractivity contribution is 7.85. The Bertz CT molecular complexity index is 703. The molecule has 12 heteroatoms. The molecule has 0 aromatic heterocycles. The van der Waals surface area contributed by atoms with Gasteiger partial charge in [0.05, 0.1) is 16.9 Å². The first-order chi connectivity index (χ1) is 13.6. The number of hydrogen-bond acceptors (Lipinski definition) is 11. The summed E-state index contributed by atoms with van der Waals surface area (Å²) in [5.41, 5.74) is -1.32. The van der Waals surface area contributed by atoms with Gasteiger partial charge in [0.25, 0.3) is 0 Å². The average Bonchev–Trinajstić information content (AvgIpc) is 2.60. The summed E-state index contributed by atoms with van der Waals surface area (Å²) in [4.78, 5) is 46.0. The van der Waals surface area contributed by atoms with Crippen LogP contribution >= 0.6 is 0 Å². The fraction of sp³-hybridized carbons (Fsp3) is 0.706. The van der Waals surface area contributed by atoms with Crippen molar-refractivity contribution in [2.75, 3.05) is 12.4 Å². The third-order valence-electron chi connectivity index (χ3n) is 3.62. The van der Waals surface area contributed by atoms with Gasteiger partial charge in [-0.3, -0.25) is 23.4 Å². The Morgan fingerprint density at radius 2 is 1.41 bits per heavy atom. The second-order valence-electron chi connectivity index (χ2n) is 6.06. The first-order valence-corrected chi connectivity index (χ1v) is 9.99. The fourth-order valence-electron chi connectivity index (χ4n) is 2.66. The summed E-state index contributed by atoms with van der Waals surface area (Å²) in [6.07, 6.45) is -5.28. The van der Waals surface area contributed by atoms with E-state index in [0.29, 0.717) is 0 Å². The zero-order valence-electron chi connectivity index (χ0n) is 16.4. The van der Waals surface area contributed by atoms with E-state index in [9.17, 15) is 23.4 Å². The van der Waals surface area contributed by atoms with E-state index in [1.165, 1.54) is 0 Å². The van der Waals surface area contributed by atoms with Crippen LogP contribution in [0.5, 0.6) is 0 Å². The Morgan fingerprint density at radius 1 is 0.897 bits per heavy atom. The van der Waals surface area contributed by atoms with Crippen molar-refractivity contribution in [3.8, 4) is 6.07 Å². The quantitative estimate of drug-likeness (QED) is 0.367. The van der Waals surface area contributed by atoms with Crippen LogP contribution in [0.25, 0.3) is 0 Å². The fourth-order valence-corrected chi connectivity index (χ4v) is 3.96. The van der Waals surface area contributed by atoms with Crippen LogP contribution in [0.4, 0.5) is 0 Å². The molecule has 0 amide bonds. The lowest BCUT2D eigenvalue weighted by molar-refractivity contribution is -0.238. The Hall–Kier alpha value is -2.52. The molecule has 0 radical (unpaired) electrons. The summed E-state index contributed by atoms with van der Waals surface area (Å²) in [5.74, 6) is -3.07. The van der Waals surface area contributed by atoms with E-state index in [0.717, 1.165) is 27.7 Å². The third-order valence-corrected chi connectivity index (χ3v) is 5.13. The Morgan fingerprint density at radius 3 is 1.90 bits per heavy atom. The zero-order valence-corrected chi connectivity index (χ0v) is 17.3. The van der Waals surface area contributed by atoms with Crippen LogP contribution in [0.1, 0.15) is 34.1 Å². The van der Waals surface area contributed by atoms with Gasteiger partial charge in [0.1, 0.15) is 12.7 Å². The number of nitrogens with zero attached hydrogens (tertiary/aromatic N) is 1. The molecule has 0 aromatic carbocycles. The Kier molecular flexibility index (Phi) is 9.70. The van der Waals surface area contributed by atoms with Gasteiger partial charge in [0, 0.05) is 39.9 Å². The lowest BCUT2D eigenvalue weighted by Gasteiger charge is -2.43. The minimum atomic E-state index is -1.85. The molecule has 0 aliphatic carbocycles. The van der Waals surface area contributed by atoms with Crippen molar-refractivity contribution < 1.29 is 47.1 Å². The van der Waals surface area contributed by atoms with Gasteiger partial charge in [-0.05, 0) is 0 Å². The first-order valence-electron chi connectivity index (χ1n) is 8.61. The number of carbonyl (C=O) groups excluding carboxylic acids is 4. The van der Waals surface area contributed by atoms with E-state index in [4.69, 9.17) is 28.9 Å². The molecule has 1 aliphatic heterocycles. The van der Waals surface area contributed by atoms with Crippen LogP contribution in [0.2, 0.25) is 0 Å². The maximum absolute atomic E-state index is 12.7. The van der Waals surface area contributed by atoms with E-state index < -0.39 is 71.1 Å². The lowest BCUT2D eigenvalue weighted by atomic mass is 9.99. The van der Waals surface area contributed by atoms with Crippen molar-refractivity contribution in [3.63, 3.8) is 0 Å². The molecule has 0 N–H and O–H groups in total. The van der Waals surface area contributed by atoms with Gasteiger partial charge >= 0.3 is 23.9 Å². The summed E-state index contributed by atoms with van der Waals surface area (Å²) >= 11 is 0. The van der Waals surface area contributed by atoms with Crippen LogP contribution in [0, 0.1) is 11.3 Å². The normalized spacial score (nSPS) is 27.1. The molecule has 1 rings (SSSR count). The molecule has 1 heterocycles. The van der Waals surface area contributed by atoms with Crippen molar-refractivity contribution >= 4 is 34.7 Å². The number of nitriles is 1. The molecule has 0 spiro atoms. The molecular weight excluding hydrogens is 410 g/mol. The first kappa shape index (κ1) is 24.5. The number of esters is 4. The standard InChI is InChI=1S/C17H23NO10S/c1-9(19)24-8-13-14(25-10(2)20)15(26-11(3)21)16(27-12(4)22)17(28-13)29(23)7-5-6-18/h13-17H,5,7-8H2,1-4H3/t13-,14?,15+,16?,17?,29?/m1/s1. The van der Waals surface area contributed by atoms with Crippen LogP contribution in [-0.4, -0.2) is 70.3 Å². The number of rotatable bonds is 8. The molecule has 4 unspecified atom stereocenters. The molecule has 162 valence electrons. The molecule has 1 saturated heterocycles. The van der Waals surface area contributed by atoms with Crippen molar-refractivity contribution in [3.05, 3.63) is 0 Å². The van der Waals surface area contributed by atoms with Gasteiger partial charge in [-0.15, -0.1) is 0 Å². The van der Waals surface area contributed by atoms with E-state index in [-0.39, 0.29) is 12.2 Å². The molecule has 1 fully saturated rings. The minimum absolute atomic E-state index is 0.0700. The largest absolute Gasteiger partial charge is 0.463 e. The maximum atomic E-state index is 12.7. The molecule has 11 nitrogen and oxygen atoms in total. The van der Waals surface area contributed by atoms with Gasteiger partial charge in [0.2, 0.25) is 0 Å². The molecule has 0 aromatic rings. The van der Waals surface area contributed by atoms with E-state index >= 15 is 0 Å². The van der Waals surface area contributed by atoms with Gasteiger partial charge in [-0.2, -0.15) is 5.26 Å². The minimum Gasteiger partial charge on any atom is -0.463 e. The summed E-state index contributed by atoms with van der Waals surface area (Å²) in [6, 6.07) is 1.84. The van der Waals surface area contributed by atoms with Crippen LogP contribution in [0.15, 0.2) is 0 Å². The molecule has 6 atom stereocenters. The average molecular weight is 433 g/mol.